The average Bonchev–Trinajstić information content (AvgIpc) is 2.55. The van der Waals surface area contributed by atoms with Crippen molar-refractivity contribution in [1.29, 1.82) is 0 Å². The van der Waals surface area contributed by atoms with E-state index in [0.717, 1.165) is 17.9 Å². The maximum Gasteiger partial charge on any atom is 0.0126 e. The lowest BCUT2D eigenvalue weighted by molar-refractivity contribution is 0.00793. The molecule has 4 aliphatic rings. The Bertz CT molecular complexity index is 140. The SMILES string of the molecule is C1CC2C3CCN(CC3)C2C1. The summed E-state index contributed by atoms with van der Waals surface area (Å²) in [6.07, 6.45) is 7.61. The summed E-state index contributed by atoms with van der Waals surface area (Å²) in [5.74, 6) is 2.25. The van der Waals surface area contributed by atoms with Crippen LogP contribution in [0.15, 0.2) is 0 Å². The molecule has 2 bridgehead atoms. The first-order valence-corrected chi connectivity index (χ1v) is 5.19. The highest BCUT2D eigenvalue weighted by molar-refractivity contribution is 4.97. The number of hydrogen-bond acceptors (Lipinski definition) is 1. The number of hydrogen-bond donors (Lipinski definition) is 0. The van der Waals surface area contributed by atoms with Crippen LogP contribution in [0.5, 0.6) is 0 Å². The van der Waals surface area contributed by atoms with Crippen LogP contribution in [0.1, 0.15) is 32.1 Å². The highest BCUT2D eigenvalue weighted by atomic mass is 15.2. The van der Waals surface area contributed by atoms with E-state index in [1.165, 1.54) is 38.8 Å². The lowest BCUT2D eigenvalue weighted by atomic mass is 9.75. The second-order valence-corrected chi connectivity index (χ2v) is 4.54. The molecule has 0 radical (unpaired) electrons. The molecule has 1 aliphatic carbocycles. The Hall–Kier alpha value is -0.0400. The quantitative estimate of drug-likeness (QED) is 0.511. The average molecular weight is 151 g/mol. The predicted molar refractivity (Wildman–Crippen MR) is 45.4 cm³/mol. The van der Waals surface area contributed by atoms with Crippen LogP contribution in [0.25, 0.3) is 0 Å². The van der Waals surface area contributed by atoms with E-state index in [4.69, 9.17) is 0 Å². The van der Waals surface area contributed by atoms with Gasteiger partial charge in [0.1, 0.15) is 0 Å². The molecule has 0 aromatic heterocycles. The molecule has 4 fully saturated rings. The maximum atomic E-state index is 2.76. The van der Waals surface area contributed by atoms with E-state index in [9.17, 15) is 0 Å². The highest BCUT2D eigenvalue weighted by Crippen LogP contribution is 2.45. The summed E-state index contributed by atoms with van der Waals surface area (Å²) in [4.78, 5) is 2.76. The van der Waals surface area contributed by atoms with Crippen molar-refractivity contribution in [2.45, 2.75) is 38.1 Å². The molecule has 2 unspecified atom stereocenters. The third-order valence-electron chi connectivity index (χ3n) is 4.18. The van der Waals surface area contributed by atoms with E-state index < -0.39 is 0 Å². The molecule has 11 heavy (non-hydrogen) atoms. The first-order chi connectivity index (χ1) is 5.45. The van der Waals surface area contributed by atoms with E-state index >= 15 is 0 Å². The lowest BCUT2D eigenvalue weighted by Crippen LogP contribution is -2.52. The van der Waals surface area contributed by atoms with Crippen LogP contribution in [-0.4, -0.2) is 24.0 Å². The fourth-order valence-electron chi connectivity index (χ4n) is 3.65. The molecule has 62 valence electrons. The van der Waals surface area contributed by atoms with Gasteiger partial charge in [-0.3, -0.25) is 0 Å². The molecule has 3 saturated heterocycles. The van der Waals surface area contributed by atoms with Crippen LogP contribution >= 0.6 is 0 Å². The summed E-state index contributed by atoms with van der Waals surface area (Å²) >= 11 is 0. The Morgan fingerprint density at radius 2 is 1.73 bits per heavy atom. The molecule has 1 nitrogen and oxygen atoms in total. The summed E-state index contributed by atoms with van der Waals surface area (Å²) < 4.78 is 0. The molecule has 0 spiro atoms. The van der Waals surface area contributed by atoms with Gasteiger partial charge < -0.3 is 4.90 Å². The molecule has 0 aromatic carbocycles. The smallest absolute Gasteiger partial charge is 0.0126 e. The third kappa shape index (κ3) is 0.807. The third-order valence-corrected chi connectivity index (χ3v) is 4.18. The Balaban J connectivity index is 1.89. The van der Waals surface area contributed by atoms with E-state index in [-0.39, 0.29) is 0 Å². The molecular weight excluding hydrogens is 134 g/mol. The number of fused-ring (bicyclic) bond motifs is 2. The summed E-state index contributed by atoms with van der Waals surface area (Å²) in [6, 6.07) is 1.03. The zero-order valence-corrected chi connectivity index (χ0v) is 7.13. The summed E-state index contributed by atoms with van der Waals surface area (Å²) in [5.41, 5.74) is 0. The molecule has 0 N–H and O–H groups in total. The van der Waals surface area contributed by atoms with Crippen LogP contribution in [0.3, 0.4) is 0 Å². The van der Waals surface area contributed by atoms with Gasteiger partial charge in [0.15, 0.2) is 0 Å². The highest BCUT2D eigenvalue weighted by Gasteiger charge is 2.43. The van der Waals surface area contributed by atoms with Crippen LogP contribution in [0, 0.1) is 11.8 Å². The Morgan fingerprint density at radius 1 is 0.909 bits per heavy atom. The van der Waals surface area contributed by atoms with Gasteiger partial charge in [-0.1, -0.05) is 6.42 Å². The summed E-state index contributed by atoms with van der Waals surface area (Å²) in [6.45, 7) is 2.84. The van der Waals surface area contributed by atoms with Crippen molar-refractivity contribution in [2.24, 2.45) is 11.8 Å². The van der Waals surface area contributed by atoms with Gasteiger partial charge >= 0.3 is 0 Å². The Kier molecular flexibility index (Phi) is 1.31. The predicted octanol–water partition coefficient (Wildman–Crippen LogP) is 1.88. The minimum absolute atomic E-state index is 1.03. The normalized spacial score (nSPS) is 54.5. The monoisotopic (exact) mass is 151 g/mol. The topological polar surface area (TPSA) is 3.24 Å². The van der Waals surface area contributed by atoms with Crippen molar-refractivity contribution in [1.82, 2.24) is 4.90 Å². The molecule has 0 amide bonds. The fraction of sp³-hybridized carbons (Fsp3) is 1.00. The van der Waals surface area contributed by atoms with Crippen molar-refractivity contribution in [2.75, 3.05) is 13.1 Å². The molecule has 1 saturated carbocycles. The second-order valence-electron chi connectivity index (χ2n) is 4.54. The second kappa shape index (κ2) is 2.22. The Morgan fingerprint density at radius 3 is 2.45 bits per heavy atom. The molecule has 3 heterocycles. The number of piperidine rings is 3. The van der Waals surface area contributed by atoms with Gasteiger partial charge in [0.05, 0.1) is 0 Å². The number of nitrogens with zero attached hydrogens (tertiary/aromatic N) is 1. The van der Waals surface area contributed by atoms with Crippen molar-refractivity contribution >= 4 is 0 Å². The van der Waals surface area contributed by atoms with E-state index in [2.05, 4.69) is 4.90 Å². The van der Waals surface area contributed by atoms with Crippen molar-refractivity contribution in [3.8, 4) is 0 Å². The first-order valence-electron chi connectivity index (χ1n) is 5.19. The molecule has 3 aliphatic heterocycles. The van der Waals surface area contributed by atoms with Gasteiger partial charge in [-0.25, -0.2) is 0 Å². The van der Waals surface area contributed by atoms with Gasteiger partial charge in [-0.15, -0.1) is 0 Å². The van der Waals surface area contributed by atoms with E-state index in [0.29, 0.717) is 0 Å². The first kappa shape index (κ1) is 6.47. The van der Waals surface area contributed by atoms with Crippen molar-refractivity contribution in [3.05, 3.63) is 0 Å². The zero-order valence-electron chi connectivity index (χ0n) is 7.13. The Labute approximate surface area is 68.8 Å². The molecule has 1 heteroatoms. The molecule has 0 aromatic rings. The van der Waals surface area contributed by atoms with Gasteiger partial charge in [0.2, 0.25) is 0 Å². The van der Waals surface area contributed by atoms with E-state index in [1.807, 2.05) is 0 Å². The zero-order chi connectivity index (χ0) is 7.26. The minimum Gasteiger partial charge on any atom is -0.300 e. The van der Waals surface area contributed by atoms with Crippen LogP contribution in [0.2, 0.25) is 0 Å². The van der Waals surface area contributed by atoms with Crippen LogP contribution in [-0.2, 0) is 0 Å². The maximum absolute atomic E-state index is 2.76. The molecule has 2 atom stereocenters. The largest absolute Gasteiger partial charge is 0.300 e. The van der Waals surface area contributed by atoms with Crippen molar-refractivity contribution < 1.29 is 0 Å². The van der Waals surface area contributed by atoms with Gasteiger partial charge in [-0.05, 0) is 50.6 Å². The number of rotatable bonds is 0. The van der Waals surface area contributed by atoms with Crippen molar-refractivity contribution in [3.63, 3.8) is 0 Å². The molecular formula is C10H17N. The van der Waals surface area contributed by atoms with Gasteiger partial charge in [-0.2, -0.15) is 0 Å². The standard InChI is InChI=1S/C10H17N/c1-2-9-8-4-6-11(7-5-8)10(9)3-1/h8-10H,1-7H2. The van der Waals surface area contributed by atoms with E-state index in [1.54, 1.807) is 6.42 Å². The van der Waals surface area contributed by atoms with Crippen LogP contribution < -0.4 is 0 Å². The van der Waals surface area contributed by atoms with Gasteiger partial charge in [0.25, 0.3) is 0 Å². The fourth-order valence-corrected chi connectivity index (χ4v) is 3.65. The van der Waals surface area contributed by atoms with Crippen LogP contribution in [0.4, 0.5) is 0 Å². The minimum atomic E-state index is 1.03. The summed E-state index contributed by atoms with van der Waals surface area (Å²) in [7, 11) is 0. The lowest BCUT2D eigenvalue weighted by Gasteiger charge is -2.48. The summed E-state index contributed by atoms with van der Waals surface area (Å²) in [5, 5.41) is 0. The molecule has 4 rings (SSSR count). The van der Waals surface area contributed by atoms with Gasteiger partial charge in [0, 0.05) is 6.04 Å².